The standard InChI is InChI=1S/C7H8ClN3/c1-10-7-4-5(8)2-3-6(7)11-9/h2-4,9-10H,1H3. The highest BCUT2D eigenvalue weighted by atomic mass is 35.5. The van der Waals surface area contributed by atoms with E-state index in [9.17, 15) is 0 Å². The zero-order valence-electron chi connectivity index (χ0n) is 6.06. The number of halogens is 1. The fourth-order valence-electron chi connectivity index (χ4n) is 0.806. The molecular formula is C7H8ClN3. The molecule has 0 unspecified atom stereocenters. The van der Waals surface area contributed by atoms with Crippen molar-refractivity contribution in [2.24, 2.45) is 5.11 Å². The second-order valence-corrected chi connectivity index (χ2v) is 2.46. The lowest BCUT2D eigenvalue weighted by Gasteiger charge is -2.02. The van der Waals surface area contributed by atoms with Gasteiger partial charge in [-0.3, -0.25) is 0 Å². The fourth-order valence-corrected chi connectivity index (χ4v) is 0.978. The van der Waals surface area contributed by atoms with E-state index in [4.69, 9.17) is 17.1 Å². The third-order valence-corrected chi connectivity index (χ3v) is 1.58. The maximum absolute atomic E-state index is 6.80. The van der Waals surface area contributed by atoms with Crippen LogP contribution in [0.4, 0.5) is 11.4 Å². The Morgan fingerprint density at radius 1 is 1.55 bits per heavy atom. The van der Waals surface area contributed by atoms with E-state index in [1.807, 2.05) is 0 Å². The summed E-state index contributed by atoms with van der Waals surface area (Å²) in [6, 6.07) is 5.13. The molecule has 1 aromatic rings. The molecule has 0 amide bonds. The van der Waals surface area contributed by atoms with Crippen LogP contribution >= 0.6 is 11.6 Å². The molecule has 0 fully saturated rings. The van der Waals surface area contributed by atoms with Crippen LogP contribution in [0.25, 0.3) is 0 Å². The molecule has 0 aliphatic carbocycles. The van der Waals surface area contributed by atoms with Crippen molar-refractivity contribution >= 4 is 23.0 Å². The molecule has 0 atom stereocenters. The van der Waals surface area contributed by atoms with Gasteiger partial charge in [0.2, 0.25) is 0 Å². The van der Waals surface area contributed by atoms with Crippen molar-refractivity contribution in [1.82, 2.24) is 0 Å². The summed E-state index contributed by atoms with van der Waals surface area (Å²) in [5.74, 6) is 0. The number of nitrogens with zero attached hydrogens (tertiary/aromatic N) is 1. The van der Waals surface area contributed by atoms with Gasteiger partial charge in [0.1, 0.15) is 5.69 Å². The molecule has 0 aromatic heterocycles. The molecule has 11 heavy (non-hydrogen) atoms. The molecule has 0 aliphatic rings. The second-order valence-electron chi connectivity index (χ2n) is 2.02. The predicted molar refractivity (Wildman–Crippen MR) is 45.8 cm³/mol. The molecule has 0 saturated carbocycles. The third kappa shape index (κ3) is 1.68. The third-order valence-electron chi connectivity index (χ3n) is 1.35. The van der Waals surface area contributed by atoms with Crippen LogP contribution < -0.4 is 5.32 Å². The van der Waals surface area contributed by atoms with E-state index in [-0.39, 0.29) is 0 Å². The van der Waals surface area contributed by atoms with E-state index in [0.717, 1.165) is 5.69 Å². The molecular weight excluding hydrogens is 162 g/mol. The van der Waals surface area contributed by atoms with E-state index < -0.39 is 0 Å². The maximum Gasteiger partial charge on any atom is 0.108 e. The highest BCUT2D eigenvalue weighted by molar-refractivity contribution is 6.31. The molecule has 2 N–H and O–H groups in total. The minimum Gasteiger partial charge on any atom is -0.386 e. The van der Waals surface area contributed by atoms with Crippen molar-refractivity contribution in [2.45, 2.75) is 0 Å². The zero-order chi connectivity index (χ0) is 8.27. The Morgan fingerprint density at radius 3 is 2.82 bits per heavy atom. The molecule has 3 nitrogen and oxygen atoms in total. The number of nitrogens with one attached hydrogen (secondary N) is 2. The lowest BCUT2D eigenvalue weighted by Crippen LogP contribution is -1.87. The molecule has 0 saturated heterocycles. The summed E-state index contributed by atoms with van der Waals surface area (Å²) >= 11 is 5.71. The summed E-state index contributed by atoms with van der Waals surface area (Å²) < 4.78 is 0. The normalized spacial score (nSPS) is 9.27. The number of hydrogen-bond donors (Lipinski definition) is 2. The summed E-state index contributed by atoms with van der Waals surface area (Å²) in [5.41, 5.74) is 8.17. The number of rotatable bonds is 2. The highest BCUT2D eigenvalue weighted by Gasteiger charge is 1.98. The van der Waals surface area contributed by atoms with Crippen LogP contribution in [0.2, 0.25) is 5.02 Å². The van der Waals surface area contributed by atoms with Gasteiger partial charge in [0.05, 0.1) is 5.69 Å². The van der Waals surface area contributed by atoms with Crippen molar-refractivity contribution < 1.29 is 0 Å². The smallest absolute Gasteiger partial charge is 0.108 e. The average Bonchev–Trinajstić information content (AvgIpc) is 2.04. The lowest BCUT2D eigenvalue weighted by atomic mass is 10.3. The minimum atomic E-state index is 0.594. The zero-order valence-corrected chi connectivity index (χ0v) is 6.81. The first-order valence-corrected chi connectivity index (χ1v) is 3.50. The average molecular weight is 170 g/mol. The van der Waals surface area contributed by atoms with Crippen LogP contribution in [0.1, 0.15) is 0 Å². The van der Waals surface area contributed by atoms with Gasteiger partial charge in [0.15, 0.2) is 0 Å². The number of benzene rings is 1. The van der Waals surface area contributed by atoms with Gasteiger partial charge < -0.3 is 5.32 Å². The molecule has 0 radical (unpaired) electrons. The first-order valence-electron chi connectivity index (χ1n) is 3.12. The van der Waals surface area contributed by atoms with Crippen molar-refractivity contribution in [3.8, 4) is 0 Å². The Bertz CT molecular complexity index is 272. The van der Waals surface area contributed by atoms with Crippen molar-refractivity contribution in [2.75, 3.05) is 12.4 Å². The van der Waals surface area contributed by atoms with Gasteiger partial charge in [-0.15, -0.1) is 0 Å². The number of anilines is 1. The summed E-state index contributed by atoms with van der Waals surface area (Å²) in [7, 11) is 1.76. The Morgan fingerprint density at radius 2 is 2.27 bits per heavy atom. The Labute approximate surface area is 69.9 Å². The molecule has 0 bridgehead atoms. The first kappa shape index (κ1) is 8.01. The Balaban J connectivity index is 3.16. The van der Waals surface area contributed by atoms with Gasteiger partial charge in [-0.1, -0.05) is 11.6 Å². The first-order chi connectivity index (χ1) is 5.27. The maximum atomic E-state index is 6.80. The van der Waals surface area contributed by atoms with Gasteiger partial charge in [0.25, 0.3) is 0 Å². The van der Waals surface area contributed by atoms with Crippen LogP contribution in [0, 0.1) is 5.53 Å². The van der Waals surface area contributed by atoms with Crippen LogP contribution in [0.15, 0.2) is 23.3 Å². The Hall–Kier alpha value is -1.09. The van der Waals surface area contributed by atoms with E-state index in [1.165, 1.54) is 0 Å². The topological polar surface area (TPSA) is 48.2 Å². The summed E-state index contributed by atoms with van der Waals surface area (Å²) in [4.78, 5) is 0. The van der Waals surface area contributed by atoms with Crippen LogP contribution in [0.5, 0.6) is 0 Å². The lowest BCUT2D eigenvalue weighted by molar-refractivity contribution is 1.15. The summed E-state index contributed by atoms with van der Waals surface area (Å²) in [6.07, 6.45) is 0. The fraction of sp³-hybridized carbons (Fsp3) is 0.143. The van der Waals surface area contributed by atoms with Crippen LogP contribution in [-0.2, 0) is 0 Å². The molecule has 0 spiro atoms. The van der Waals surface area contributed by atoms with Crippen molar-refractivity contribution in [1.29, 1.82) is 5.53 Å². The summed E-state index contributed by atoms with van der Waals surface area (Å²) in [5, 5.41) is 6.84. The van der Waals surface area contributed by atoms with Gasteiger partial charge in [0, 0.05) is 12.1 Å². The van der Waals surface area contributed by atoms with E-state index >= 15 is 0 Å². The second kappa shape index (κ2) is 3.34. The molecule has 0 heterocycles. The largest absolute Gasteiger partial charge is 0.386 e. The SMILES string of the molecule is CNc1cc(Cl)ccc1N=N. The molecule has 1 aromatic carbocycles. The monoisotopic (exact) mass is 169 g/mol. The molecule has 1 rings (SSSR count). The van der Waals surface area contributed by atoms with Crippen LogP contribution in [0.3, 0.4) is 0 Å². The molecule has 0 aliphatic heterocycles. The van der Waals surface area contributed by atoms with E-state index in [1.54, 1.807) is 25.2 Å². The predicted octanol–water partition coefficient (Wildman–Crippen LogP) is 3.04. The minimum absolute atomic E-state index is 0.594. The van der Waals surface area contributed by atoms with Crippen molar-refractivity contribution in [3.63, 3.8) is 0 Å². The van der Waals surface area contributed by atoms with Gasteiger partial charge in [-0.25, -0.2) is 5.53 Å². The number of hydrogen-bond acceptors (Lipinski definition) is 3. The van der Waals surface area contributed by atoms with Gasteiger partial charge in [-0.05, 0) is 18.2 Å². The van der Waals surface area contributed by atoms with Gasteiger partial charge >= 0.3 is 0 Å². The van der Waals surface area contributed by atoms with E-state index in [2.05, 4.69) is 10.4 Å². The molecule has 4 heteroatoms. The van der Waals surface area contributed by atoms with Crippen LogP contribution in [-0.4, -0.2) is 7.05 Å². The van der Waals surface area contributed by atoms with Gasteiger partial charge in [-0.2, -0.15) is 5.11 Å². The quantitative estimate of drug-likeness (QED) is 0.657. The summed E-state index contributed by atoms with van der Waals surface area (Å²) in [6.45, 7) is 0. The molecule has 58 valence electrons. The highest BCUT2D eigenvalue weighted by Crippen LogP contribution is 2.27. The van der Waals surface area contributed by atoms with Crippen molar-refractivity contribution in [3.05, 3.63) is 23.2 Å². The Kier molecular flexibility index (Phi) is 2.44. The van der Waals surface area contributed by atoms with E-state index in [0.29, 0.717) is 10.7 Å².